The van der Waals surface area contributed by atoms with Crippen LogP contribution in [0.15, 0.2) is 5.11 Å². The second kappa shape index (κ2) is 7.17. The van der Waals surface area contributed by atoms with Gasteiger partial charge in [0.05, 0.1) is 0 Å². The van der Waals surface area contributed by atoms with Crippen molar-refractivity contribution in [1.29, 1.82) is 0 Å². The van der Waals surface area contributed by atoms with Crippen molar-refractivity contribution in [2.75, 3.05) is 0 Å². The van der Waals surface area contributed by atoms with E-state index in [0.717, 1.165) is 19.3 Å². The molecule has 0 saturated heterocycles. The lowest BCUT2D eigenvalue weighted by molar-refractivity contribution is 0.00195. The molecule has 1 fully saturated rings. The quantitative estimate of drug-likeness (QED) is 0.242. The van der Waals surface area contributed by atoms with Crippen molar-refractivity contribution in [1.82, 2.24) is 0 Å². The van der Waals surface area contributed by atoms with E-state index >= 15 is 0 Å². The Labute approximate surface area is 131 Å². The summed E-state index contributed by atoms with van der Waals surface area (Å²) in [5.74, 6) is 0.572. The summed E-state index contributed by atoms with van der Waals surface area (Å²) in [7, 11) is -2.02. The standard InChI is InChI=1S/C16H33N3OSi/c1-12(2)21(13(3)4,14(5)6)20-16(18-19-17)10-8-9-15(7)11-16/h12-15H,8-11H2,1-7H3/t15-,16?/m1/s1. The summed E-state index contributed by atoms with van der Waals surface area (Å²) in [6.45, 7) is 15.9. The molecule has 21 heavy (non-hydrogen) atoms. The molecule has 0 bridgehead atoms. The van der Waals surface area contributed by atoms with Gasteiger partial charge in [-0.2, -0.15) is 0 Å². The van der Waals surface area contributed by atoms with Gasteiger partial charge < -0.3 is 4.43 Å². The van der Waals surface area contributed by atoms with Gasteiger partial charge in [-0.1, -0.05) is 66.4 Å². The van der Waals surface area contributed by atoms with E-state index < -0.39 is 14.0 Å². The van der Waals surface area contributed by atoms with Crippen molar-refractivity contribution in [2.45, 2.75) is 96.5 Å². The lowest BCUT2D eigenvalue weighted by atomic mass is 9.85. The molecule has 1 aliphatic rings. The van der Waals surface area contributed by atoms with Crippen LogP contribution in [-0.2, 0) is 4.43 Å². The van der Waals surface area contributed by atoms with Gasteiger partial charge in [0, 0.05) is 4.91 Å². The summed E-state index contributed by atoms with van der Waals surface area (Å²) in [5.41, 5.74) is 10.0. The lowest BCUT2D eigenvalue weighted by Crippen LogP contribution is -2.55. The molecule has 0 radical (unpaired) electrons. The van der Waals surface area contributed by atoms with E-state index in [1.807, 2.05) is 0 Å². The smallest absolute Gasteiger partial charge is 0.201 e. The normalized spacial score (nSPS) is 27.2. The van der Waals surface area contributed by atoms with Gasteiger partial charge in [-0.05, 0) is 40.9 Å². The SMILES string of the molecule is CC(C)[Si](OC1(N=[N+]=[N-])CCC[C@@H](C)C1)(C(C)C)C(C)C. The van der Waals surface area contributed by atoms with Crippen LogP contribution in [0.2, 0.25) is 16.6 Å². The Balaban J connectivity index is 3.22. The van der Waals surface area contributed by atoms with Crippen LogP contribution < -0.4 is 0 Å². The predicted molar refractivity (Wildman–Crippen MR) is 91.6 cm³/mol. The highest BCUT2D eigenvalue weighted by Gasteiger charge is 2.51. The van der Waals surface area contributed by atoms with E-state index in [9.17, 15) is 0 Å². The molecule has 0 heterocycles. The number of nitrogens with zero attached hydrogens (tertiary/aromatic N) is 3. The van der Waals surface area contributed by atoms with Gasteiger partial charge in [0.1, 0.15) is 5.72 Å². The molecule has 0 amide bonds. The Hall–Kier alpha value is -0.513. The third-order valence-electron chi connectivity index (χ3n) is 5.23. The van der Waals surface area contributed by atoms with Crippen molar-refractivity contribution in [2.24, 2.45) is 11.0 Å². The van der Waals surface area contributed by atoms with Crippen molar-refractivity contribution in [3.05, 3.63) is 10.4 Å². The van der Waals surface area contributed by atoms with Crippen molar-refractivity contribution < 1.29 is 4.43 Å². The van der Waals surface area contributed by atoms with Gasteiger partial charge in [0.25, 0.3) is 0 Å². The molecule has 0 aromatic rings. The van der Waals surface area contributed by atoms with E-state index in [-0.39, 0.29) is 0 Å². The highest BCUT2D eigenvalue weighted by Crippen LogP contribution is 2.48. The van der Waals surface area contributed by atoms with Crippen LogP contribution in [-0.4, -0.2) is 14.0 Å². The van der Waals surface area contributed by atoms with Crippen LogP contribution in [0.4, 0.5) is 0 Å². The summed E-state index contributed by atoms with van der Waals surface area (Å²) in [5, 5.41) is 4.19. The van der Waals surface area contributed by atoms with Gasteiger partial charge in [0.2, 0.25) is 8.32 Å². The first-order valence-electron chi connectivity index (χ1n) is 8.46. The number of azide groups is 1. The summed E-state index contributed by atoms with van der Waals surface area (Å²) in [6.07, 6.45) is 4.06. The molecule has 122 valence electrons. The molecule has 0 aromatic heterocycles. The molecule has 0 aliphatic heterocycles. The summed E-state index contributed by atoms with van der Waals surface area (Å²) in [6, 6.07) is 0. The molecule has 4 nitrogen and oxygen atoms in total. The minimum Gasteiger partial charge on any atom is -0.404 e. The number of hydrogen-bond donors (Lipinski definition) is 0. The Morgan fingerprint density at radius 2 is 1.67 bits per heavy atom. The van der Waals surface area contributed by atoms with Gasteiger partial charge >= 0.3 is 0 Å². The Morgan fingerprint density at radius 1 is 1.14 bits per heavy atom. The Kier molecular flexibility index (Phi) is 6.32. The molecule has 0 N–H and O–H groups in total. The molecule has 1 unspecified atom stereocenters. The van der Waals surface area contributed by atoms with Crippen LogP contribution in [0.1, 0.15) is 74.1 Å². The molecule has 2 atom stereocenters. The fraction of sp³-hybridized carbons (Fsp3) is 1.00. The van der Waals surface area contributed by atoms with Crippen LogP contribution in [0.5, 0.6) is 0 Å². The molecule has 1 saturated carbocycles. The number of rotatable bonds is 6. The van der Waals surface area contributed by atoms with Gasteiger partial charge in [-0.3, -0.25) is 0 Å². The maximum Gasteiger partial charge on any atom is 0.201 e. The maximum atomic E-state index is 9.08. The van der Waals surface area contributed by atoms with Gasteiger partial charge in [0.15, 0.2) is 0 Å². The molecule has 0 spiro atoms. The summed E-state index contributed by atoms with van der Waals surface area (Å²) < 4.78 is 6.88. The first kappa shape index (κ1) is 18.5. The molecular weight excluding hydrogens is 278 g/mol. The molecule has 0 aromatic carbocycles. The van der Waals surface area contributed by atoms with Crippen molar-refractivity contribution in [3.63, 3.8) is 0 Å². The maximum absolute atomic E-state index is 9.08. The third-order valence-corrected chi connectivity index (χ3v) is 11.4. The van der Waals surface area contributed by atoms with E-state index in [4.69, 9.17) is 9.96 Å². The average molecular weight is 312 g/mol. The van der Waals surface area contributed by atoms with Crippen LogP contribution in [0.25, 0.3) is 10.4 Å². The third kappa shape index (κ3) is 3.82. The van der Waals surface area contributed by atoms with E-state index in [1.165, 1.54) is 6.42 Å². The highest BCUT2D eigenvalue weighted by molar-refractivity contribution is 6.77. The van der Waals surface area contributed by atoms with E-state index in [1.54, 1.807) is 0 Å². The van der Waals surface area contributed by atoms with Crippen molar-refractivity contribution >= 4 is 8.32 Å². The molecule has 1 aliphatic carbocycles. The lowest BCUT2D eigenvalue weighted by Gasteiger charge is -2.50. The molecule has 1 rings (SSSR count). The second-order valence-corrected chi connectivity index (χ2v) is 13.1. The Bertz CT molecular complexity index is 369. The largest absolute Gasteiger partial charge is 0.404 e. The van der Waals surface area contributed by atoms with Crippen LogP contribution >= 0.6 is 0 Å². The van der Waals surface area contributed by atoms with Gasteiger partial charge in [-0.25, -0.2) is 0 Å². The summed E-state index contributed by atoms with van der Waals surface area (Å²) >= 11 is 0. The molecule has 5 heteroatoms. The summed E-state index contributed by atoms with van der Waals surface area (Å²) in [4.78, 5) is 3.15. The van der Waals surface area contributed by atoms with Crippen molar-refractivity contribution in [3.8, 4) is 0 Å². The molecular formula is C16H33N3OSi. The van der Waals surface area contributed by atoms with Crippen LogP contribution in [0.3, 0.4) is 0 Å². The second-order valence-electron chi connectivity index (χ2n) is 7.76. The minimum atomic E-state index is -2.02. The number of hydrogen-bond acceptors (Lipinski definition) is 2. The zero-order valence-electron chi connectivity index (χ0n) is 14.9. The monoisotopic (exact) mass is 311 g/mol. The Morgan fingerprint density at radius 3 is 2.05 bits per heavy atom. The fourth-order valence-electron chi connectivity index (χ4n) is 4.44. The highest BCUT2D eigenvalue weighted by atomic mass is 28.4. The van der Waals surface area contributed by atoms with Crippen LogP contribution in [0, 0.1) is 5.92 Å². The minimum absolute atomic E-state index is 0.514. The predicted octanol–water partition coefficient (Wildman–Crippen LogP) is 6.40. The van der Waals surface area contributed by atoms with E-state index in [0.29, 0.717) is 22.5 Å². The topological polar surface area (TPSA) is 58.0 Å². The fourth-order valence-corrected chi connectivity index (χ4v) is 10.0. The van der Waals surface area contributed by atoms with Gasteiger partial charge in [-0.15, -0.1) is 0 Å². The zero-order valence-corrected chi connectivity index (χ0v) is 15.9. The first-order chi connectivity index (χ1) is 9.70. The zero-order chi connectivity index (χ0) is 16.3. The first-order valence-corrected chi connectivity index (χ1v) is 10.6. The average Bonchev–Trinajstić information content (AvgIpc) is 2.35. The van der Waals surface area contributed by atoms with E-state index in [2.05, 4.69) is 58.5 Å².